The predicted octanol–water partition coefficient (Wildman–Crippen LogP) is 3.81. The number of nitrogens with zero attached hydrogens (tertiary/aromatic N) is 2. The third-order valence-electron chi connectivity index (χ3n) is 6.27. The summed E-state index contributed by atoms with van der Waals surface area (Å²) in [5, 5.41) is 15.0. The van der Waals surface area contributed by atoms with E-state index in [2.05, 4.69) is 58.4 Å². The Kier molecular flexibility index (Phi) is 8.31. The molecule has 1 amide bonds. The Labute approximate surface area is 200 Å². The SMILES string of the molecule is CN(CCOCCn1c2ccccc2c2ccccc21)C(CCO)C(=O)NCc1ccccc1. The van der Waals surface area contributed by atoms with Gasteiger partial charge in [0.05, 0.1) is 19.3 Å². The zero-order valence-corrected chi connectivity index (χ0v) is 19.7. The van der Waals surface area contributed by atoms with Crippen LogP contribution in [0.5, 0.6) is 0 Å². The smallest absolute Gasteiger partial charge is 0.237 e. The molecule has 2 N–H and O–H groups in total. The molecule has 34 heavy (non-hydrogen) atoms. The largest absolute Gasteiger partial charge is 0.396 e. The maximum Gasteiger partial charge on any atom is 0.237 e. The number of ether oxygens (including phenoxy) is 1. The molecule has 1 aromatic heterocycles. The minimum absolute atomic E-state index is 0.0393. The summed E-state index contributed by atoms with van der Waals surface area (Å²) in [6, 6.07) is 26.3. The first kappa shape index (κ1) is 24.0. The molecule has 4 rings (SSSR count). The van der Waals surface area contributed by atoms with E-state index in [0.717, 1.165) is 12.1 Å². The molecule has 0 saturated heterocycles. The van der Waals surface area contributed by atoms with E-state index in [1.165, 1.54) is 21.8 Å². The molecule has 6 nitrogen and oxygen atoms in total. The molecule has 1 unspecified atom stereocenters. The number of hydrogen-bond acceptors (Lipinski definition) is 4. The minimum atomic E-state index is -0.394. The van der Waals surface area contributed by atoms with Gasteiger partial charge in [0.2, 0.25) is 5.91 Å². The van der Waals surface area contributed by atoms with Gasteiger partial charge >= 0.3 is 0 Å². The second-order valence-electron chi connectivity index (χ2n) is 8.51. The van der Waals surface area contributed by atoms with Crippen LogP contribution in [-0.4, -0.2) is 59.9 Å². The number of nitrogens with one attached hydrogen (secondary N) is 1. The van der Waals surface area contributed by atoms with Crippen LogP contribution in [0.3, 0.4) is 0 Å². The highest BCUT2D eigenvalue weighted by molar-refractivity contribution is 6.07. The summed E-state index contributed by atoms with van der Waals surface area (Å²) in [4.78, 5) is 14.7. The molecule has 0 fully saturated rings. The highest BCUT2D eigenvalue weighted by Gasteiger charge is 2.22. The van der Waals surface area contributed by atoms with Crippen molar-refractivity contribution in [2.75, 3.05) is 33.4 Å². The molecule has 4 aromatic rings. The van der Waals surface area contributed by atoms with Crippen LogP contribution in [0.4, 0.5) is 0 Å². The average Bonchev–Trinajstić information content (AvgIpc) is 3.20. The van der Waals surface area contributed by atoms with Gasteiger partial charge in [0.1, 0.15) is 0 Å². The van der Waals surface area contributed by atoms with E-state index < -0.39 is 6.04 Å². The second-order valence-corrected chi connectivity index (χ2v) is 8.51. The molecule has 0 bridgehead atoms. The Morgan fingerprint density at radius 2 is 1.56 bits per heavy atom. The van der Waals surface area contributed by atoms with Gasteiger partial charge in [-0.3, -0.25) is 9.69 Å². The summed E-state index contributed by atoms with van der Waals surface area (Å²) in [7, 11) is 1.90. The third kappa shape index (κ3) is 5.65. The van der Waals surface area contributed by atoms with Gasteiger partial charge in [-0.1, -0.05) is 66.7 Å². The van der Waals surface area contributed by atoms with Crippen molar-refractivity contribution in [2.24, 2.45) is 0 Å². The fourth-order valence-corrected chi connectivity index (χ4v) is 4.44. The van der Waals surface area contributed by atoms with Crippen LogP contribution in [0.15, 0.2) is 78.9 Å². The lowest BCUT2D eigenvalue weighted by atomic mass is 10.1. The molecule has 178 valence electrons. The summed E-state index contributed by atoms with van der Waals surface area (Å²) < 4.78 is 8.26. The van der Waals surface area contributed by atoms with Crippen molar-refractivity contribution in [2.45, 2.75) is 25.6 Å². The predicted molar refractivity (Wildman–Crippen MR) is 137 cm³/mol. The van der Waals surface area contributed by atoms with Gasteiger partial charge in [0.25, 0.3) is 0 Å². The molecule has 0 spiro atoms. The first-order valence-electron chi connectivity index (χ1n) is 11.9. The molecule has 0 aliphatic heterocycles. The Morgan fingerprint density at radius 1 is 0.941 bits per heavy atom. The summed E-state index contributed by atoms with van der Waals surface area (Å²) in [5.41, 5.74) is 3.47. The van der Waals surface area contributed by atoms with Crippen molar-refractivity contribution in [3.05, 3.63) is 84.4 Å². The van der Waals surface area contributed by atoms with Crippen LogP contribution >= 0.6 is 0 Å². The van der Waals surface area contributed by atoms with E-state index >= 15 is 0 Å². The highest BCUT2D eigenvalue weighted by atomic mass is 16.5. The van der Waals surface area contributed by atoms with Crippen LogP contribution in [0, 0.1) is 0 Å². The summed E-state index contributed by atoms with van der Waals surface area (Å²) >= 11 is 0. The molecule has 3 aromatic carbocycles. The van der Waals surface area contributed by atoms with E-state index in [4.69, 9.17) is 4.74 Å². The molecule has 1 heterocycles. The number of aromatic nitrogens is 1. The molecule has 1 atom stereocenters. The van der Waals surface area contributed by atoms with E-state index in [9.17, 15) is 9.90 Å². The molecular formula is C28H33N3O3. The summed E-state index contributed by atoms with van der Waals surface area (Å²) in [6.45, 7) is 2.90. The number of aliphatic hydroxyl groups is 1. The number of benzene rings is 3. The Hall–Kier alpha value is -3.19. The maximum atomic E-state index is 12.7. The number of carbonyl (C=O) groups excluding carboxylic acids is 1. The fraction of sp³-hybridized carbons (Fsp3) is 0.321. The van der Waals surface area contributed by atoms with E-state index in [1.54, 1.807) is 0 Å². The quantitative estimate of drug-likeness (QED) is 0.316. The van der Waals surface area contributed by atoms with Gasteiger partial charge in [-0.15, -0.1) is 0 Å². The van der Waals surface area contributed by atoms with Crippen LogP contribution in [0.2, 0.25) is 0 Å². The van der Waals surface area contributed by atoms with Gasteiger partial charge < -0.3 is 19.7 Å². The van der Waals surface area contributed by atoms with Gasteiger partial charge in [0, 0.05) is 48.0 Å². The maximum absolute atomic E-state index is 12.7. The number of para-hydroxylation sites is 2. The van der Waals surface area contributed by atoms with Gasteiger partial charge in [-0.25, -0.2) is 0 Å². The van der Waals surface area contributed by atoms with Crippen molar-refractivity contribution < 1.29 is 14.6 Å². The zero-order chi connectivity index (χ0) is 23.8. The lowest BCUT2D eigenvalue weighted by molar-refractivity contribution is -0.127. The fourth-order valence-electron chi connectivity index (χ4n) is 4.44. The lowest BCUT2D eigenvalue weighted by Crippen LogP contribution is -2.46. The summed E-state index contributed by atoms with van der Waals surface area (Å²) in [6.07, 6.45) is 0.387. The van der Waals surface area contributed by atoms with Crippen molar-refractivity contribution >= 4 is 27.7 Å². The number of carbonyl (C=O) groups is 1. The Morgan fingerprint density at radius 3 is 2.21 bits per heavy atom. The van der Waals surface area contributed by atoms with Crippen LogP contribution < -0.4 is 5.32 Å². The lowest BCUT2D eigenvalue weighted by Gasteiger charge is -2.26. The number of amides is 1. The first-order chi connectivity index (χ1) is 16.7. The average molecular weight is 460 g/mol. The molecule has 0 aliphatic carbocycles. The van der Waals surface area contributed by atoms with E-state index in [-0.39, 0.29) is 12.5 Å². The number of fused-ring (bicyclic) bond motifs is 3. The van der Waals surface area contributed by atoms with Crippen LogP contribution in [-0.2, 0) is 22.6 Å². The van der Waals surface area contributed by atoms with Crippen LogP contribution in [0.1, 0.15) is 12.0 Å². The van der Waals surface area contributed by atoms with Gasteiger partial charge in [-0.2, -0.15) is 0 Å². The third-order valence-corrected chi connectivity index (χ3v) is 6.27. The Balaban J connectivity index is 1.28. The normalized spacial score (nSPS) is 12.4. The molecule has 0 radical (unpaired) electrons. The molecule has 0 saturated carbocycles. The molecular weight excluding hydrogens is 426 g/mol. The zero-order valence-electron chi connectivity index (χ0n) is 19.7. The van der Waals surface area contributed by atoms with Crippen molar-refractivity contribution in [1.82, 2.24) is 14.8 Å². The molecule has 6 heteroatoms. The number of rotatable bonds is 12. The Bertz CT molecular complexity index is 1150. The number of likely N-dealkylation sites (N-methyl/N-ethyl adjacent to an activating group) is 1. The summed E-state index contributed by atoms with van der Waals surface area (Å²) in [5.74, 6) is -0.0781. The molecule has 0 aliphatic rings. The van der Waals surface area contributed by atoms with Crippen molar-refractivity contribution in [1.29, 1.82) is 0 Å². The van der Waals surface area contributed by atoms with Crippen molar-refractivity contribution in [3.8, 4) is 0 Å². The number of hydrogen-bond donors (Lipinski definition) is 2. The van der Waals surface area contributed by atoms with Gasteiger partial charge in [0.15, 0.2) is 0 Å². The van der Waals surface area contributed by atoms with Crippen molar-refractivity contribution in [3.63, 3.8) is 0 Å². The minimum Gasteiger partial charge on any atom is -0.396 e. The number of aliphatic hydroxyl groups excluding tert-OH is 1. The standard InChI is InChI=1S/C28H33N3O3/c1-30(27(15-18-32)28(33)29-21-22-9-3-2-4-10-22)16-19-34-20-17-31-25-13-7-5-11-23(25)24-12-6-8-14-26(24)31/h2-14,27,32H,15-21H2,1H3,(H,29,33). The monoisotopic (exact) mass is 459 g/mol. The van der Waals surface area contributed by atoms with Gasteiger partial charge in [-0.05, 0) is 31.2 Å². The topological polar surface area (TPSA) is 66.7 Å². The van der Waals surface area contributed by atoms with E-state index in [1.807, 2.05) is 42.3 Å². The first-order valence-corrected chi connectivity index (χ1v) is 11.9. The van der Waals surface area contributed by atoms with Crippen LogP contribution in [0.25, 0.3) is 21.8 Å². The van der Waals surface area contributed by atoms with E-state index in [0.29, 0.717) is 32.7 Å². The highest BCUT2D eigenvalue weighted by Crippen LogP contribution is 2.28. The second kappa shape index (κ2) is 11.8.